The number of allylic oxidation sites excluding steroid dienone is 3. The van der Waals surface area contributed by atoms with Crippen LogP contribution in [-0.4, -0.2) is 66.7 Å². The molecule has 0 saturated carbocycles. The van der Waals surface area contributed by atoms with Crippen molar-refractivity contribution in [1.82, 2.24) is 14.8 Å². The summed E-state index contributed by atoms with van der Waals surface area (Å²) in [6, 6.07) is 0. The van der Waals surface area contributed by atoms with E-state index in [0.29, 0.717) is 12.2 Å². The van der Waals surface area contributed by atoms with Crippen LogP contribution in [0.15, 0.2) is 30.6 Å². The molecule has 1 fully saturated rings. The lowest BCUT2D eigenvalue weighted by atomic mass is 9.82. The normalized spacial score (nSPS) is 37.8. The Morgan fingerprint density at radius 3 is 2.68 bits per heavy atom. The highest BCUT2D eigenvalue weighted by Gasteiger charge is 2.44. The summed E-state index contributed by atoms with van der Waals surface area (Å²) in [6.45, 7) is -0.543. The molecule has 8 nitrogen and oxygen atoms in total. The second kappa shape index (κ2) is 5.90. The predicted octanol–water partition coefficient (Wildman–Crippen LogP) is -1.36. The molecular weight excluding hydrogens is 290 g/mol. The maximum atomic E-state index is 10.0. The van der Waals surface area contributed by atoms with Crippen molar-refractivity contribution in [3.05, 3.63) is 36.5 Å². The maximum Gasteiger partial charge on any atom is 0.180 e. The number of nitrogens with zero attached hydrogens (tertiary/aromatic N) is 3. The van der Waals surface area contributed by atoms with Gasteiger partial charge < -0.3 is 25.2 Å². The minimum absolute atomic E-state index is 0.145. The van der Waals surface area contributed by atoms with Crippen LogP contribution in [0.4, 0.5) is 0 Å². The lowest BCUT2D eigenvalue weighted by molar-refractivity contribution is -0.0590. The Morgan fingerprint density at radius 2 is 2.09 bits per heavy atom. The van der Waals surface area contributed by atoms with Gasteiger partial charge in [0.15, 0.2) is 12.1 Å². The predicted molar refractivity (Wildman–Crippen MR) is 74.7 cm³/mol. The Morgan fingerprint density at radius 1 is 1.27 bits per heavy atom. The van der Waals surface area contributed by atoms with Crippen LogP contribution in [0, 0.1) is 0 Å². The van der Waals surface area contributed by atoms with Gasteiger partial charge in [0.2, 0.25) is 0 Å². The number of rotatable bonds is 4. The second-order valence-electron chi connectivity index (χ2n) is 5.58. The Bertz CT molecular complexity index is 587. The summed E-state index contributed by atoms with van der Waals surface area (Å²) in [6.07, 6.45) is 5.24. The van der Waals surface area contributed by atoms with E-state index in [-0.39, 0.29) is 6.61 Å². The standard InChI is InChI=1S/C14H19N3O5/c18-6-9-10(20)11(21)12(22-9)17-8-15-13(16-17)14(7-19)4-2-1-3-5-14/h1-4,8-12,18-21H,5-7H2/t9-,10-,11-,12-,14?/m1/s1. The van der Waals surface area contributed by atoms with Gasteiger partial charge in [-0.2, -0.15) is 5.10 Å². The van der Waals surface area contributed by atoms with E-state index < -0.39 is 36.6 Å². The quantitative estimate of drug-likeness (QED) is 0.542. The van der Waals surface area contributed by atoms with Gasteiger partial charge in [0.1, 0.15) is 24.6 Å². The number of hydrogen-bond acceptors (Lipinski definition) is 7. The van der Waals surface area contributed by atoms with Crippen LogP contribution >= 0.6 is 0 Å². The van der Waals surface area contributed by atoms with Gasteiger partial charge in [-0.05, 0) is 6.42 Å². The van der Waals surface area contributed by atoms with Gasteiger partial charge in [-0.1, -0.05) is 24.3 Å². The van der Waals surface area contributed by atoms with E-state index in [1.807, 2.05) is 24.3 Å². The van der Waals surface area contributed by atoms with Crippen LogP contribution in [0.1, 0.15) is 18.5 Å². The number of aliphatic hydroxyl groups is 4. The van der Waals surface area contributed by atoms with Crippen LogP contribution in [0.25, 0.3) is 0 Å². The monoisotopic (exact) mass is 309 g/mol. The molecule has 2 heterocycles. The highest BCUT2D eigenvalue weighted by molar-refractivity contribution is 5.27. The molecule has 1 aliphatic heterocycles. The molecule has 1 aromatic rings. The molecule has 1 saturated heterocycles. The fourth-order valence-electron chi connectivity index (χ4n) is 2.74. The Kier molecular flexibility index (Phi) is 4.11. The third-order valence-corrected chi connectivity index (χ3v) is 4.16. The molecule has 2 aliphatic rings. The van der Waals surface area contributed by atoms with Crippen LogP contribution in [0.2, 0.25) is 0 Å². The summed E-state index contributed by atoms with van der Waals surface area (Å²) in [5, 5.41) is 42.9. The molecule has 0 radical (unpaired) electrons. The van der Waals surface area contributed by atoms with Crippen molar-refractivity contribution in [3.63, 3.8) is 0 Å². The largest absolute Gasteiger partial charge is 0.395 e. The van der Waals surface area contributed by atoms with Crippen molar-refractivity contribution in [2.24, 2.45) is 0 Å². The summed E-state index contributed by atoms with van der Waals surface area (Å²) < 4.78 is 6.71. The second-order valence-corrected chi connectivity index (χ2v) is 5.58. The van der Waals surface area contributed by atoms with Crippen molar-refractivity contribution in [2.45, 2.75) is 36.4 Å². The van der Waals surface area contributed by atoms with E-state index in [2.05, 4.69) is 10.1 Å². The topological polar surface area (TPSA) is 121 Å². The first kappa shape index (κ1) is 15.3. The van der Waals surface area contributed by atoms with Crippen molar-refractivity contribution >= 4 is 0 Å². The van der Waals surface area contributed by atoms with E-state index in [0.717, 1.165) is 0 Å². The average molecular weight is 309 g/mol. The summed E-state index contributed by atoms with van der Waals surface area (Å²) in [7, 11) is 0. The first-order valence-electron chi connectivity index (χ1n) is 7.10. The zero-order valence-electron chi connectivity index (χ0n) is 11.9. The minimum Gasteiger partial charge on any atom is -0.395 e. The van der Waals surface area contributed by atoms with Crippen molar-refractivity contribution < 1.29 is 25.2 Å². The fraction of sp³-hybridized carbons (Fsp3) is 0.571. The first-order valence-corrected chi connectivity index (χ1v) is 7.10. The fourth-order valence-corrected chi connectivity index (χ4v) is 2.74. The Balaban J connectivity index is 1.85. The van der Waals surface area contributed by atoms with Crippen LogP contribution in [-0.2, 0) is 10.2 Å². The van der Waals surface area contributed by atoms with E-state index >= 15 is 0 Å². The zero-order valence-corrected chi connectivity index (χ0v) is 11.9. The SMILES string of the molecule is OC[C@H]1O[C@@H](n2cnc(C3(CO)C=CC=CC3)n2)[C@H](O)[C@@H]1O. The van der Waals surface area contributed by atoms with Gasteiger partial charge in [0.25, 0.3) is 0 Å². The van der Waals surface area contributed by atoms with Crippen molar-refractivity contribution in [1.29, 1.82) is 0 Å². The molecule has 120 valence electrons. The molecule has 0 bridgehead atoms. The van der Waals surface area contributed by atoms with E-state index in [1.54, 1.807) is 0 Å². The number of aromatic nitrogens is 3. The smallest absolute Gasteiger partial charge is 0.180 e. The first-order chi connectivity index (χ1) is 10.6. The number of aliphatic hydroxyl groups excluding tert-OH is 4. The molecule has 0 spiro atoms. The highest BCUT2D eigenvalue weighted by atomic mass is 16.6. The van der Waals surface area contributed by atoms with Gasteiger partial charge in [-0.25, -0.2) is 9.67 Å². The van der Waals surface area contributed by atoms with E-state index in [4.69, 9.17) is 9.84 Å². The molecule has 1 aliphatic carbocycles. The van der Waals surface area contributed by atoms with Crippen LogP contribution in [0.3, 0.4) is 0 Å². The van der Waals surface area contributed by atoms with Crippen molar-refractivity contribution in [2.75, 3.05) is 13.2 Å². The van der Waals surface area contributed by atoms with Crippen LogP contribution in [0.5, 0.6) is 0 Å². The van der Waals surface area contributed by atoms with E-state index in [1.165, 1.54) is 11.0 Å². The summed E-state index contributed by atoms with van der Waals surface area (Å²) >= 11 is 0. The molecule has 1 unspecified atom stereocenters. The average Bonchev–Trinajstić information content (AvgIpc) is 3.15. The lowest BCUT2D eigenvalue weighted by Crippen LogP contribution is -2.33. The molecule has 1 aromatic heterocycles. The molecular formula is C14H19N3O5. The minimum atomic E-state index is -1.21. The molecule has 8 heteroatoms. The molecule has 4 N–H and O–H groups in total. The van der Waals surface area contributed by atoms with Gasteiger partial charge in [0, 0.05) is 0 Å². The molecule has 3 rings (SSSR count). The lowest BCUT2D eigenvalue weighted by Gasteiger charge is -2.25. The number of hydrogen-bond donors (Lipinski definition) is 4. The zero-order chi connectivity index (χ0) is 15.7. The molecule has 22 heavy (non-hydrogen) atoms. The summed E-state index contributed by atoms with van der Waals surface area (Å²) in [4.78, 5) is 4.21. The Labute approximate surface area is 127 Å². The third kappa shape index (κ3) is 2.38. The van der Waals surface area contributed by atoms with Crippen molar-refractivity contribution in [3.8, 4) is 0 Å². The highest BCUT2D eigenvalue weighted by Crippen LogP contribution is 2.32. The van der Waals surface area contributed by atoms with Gasteiger partial charge >= 0.3 is 0 Å². The third-order valence-electron chi connectivity index (χ3n) is 4.16. The van der Waals surface area contributed by atoms with E-state index in [9.17, 15) is 15.3 Å². The molecule has 0 amide bonds. The van der Waals surface area contributed by atoms with Gasteiger partial charge in [-0.3, -0.25) is 0 Å². The Hall–Kier alpha value is -1.58. The number of ether oxygens (including phenoxy) is 1. The van der Waals surface area contributed by atoms with Gasteiger partial charge in [0.05, 0.1) is 18.6 Å². The summed E-state index contributed by atoms with van der Waals surface area (Å²) in [5.41, 5.74) is -0.696. The molecule has 5 atom stereocenters. The van der Waals surface area contributed by atoms with Crippen LogP contribution < -0.4 is 0 Å². The maximum absolute atomic E-state index is 10.0. The van der Waals surface area contributed by atoms with Gasteiger partial charge in [-0.15, -0.1) is 0 Å². The summed E-state index contributed by atoms with van der Waals surface area (Å²) in [5.74, 6) is 0.410. The molecule has 0 aromatic carbocycles.